The van der Waals surface area contributed by atoms with Gasteiger partial charge in [-0.1, -0.05) is 11.6 Å². The van der Waals surface area contributed by atoms with Gasteiger partial charge in [-0.3, -0.25) is 0 Å². The Morgan fingerprint density at radius 3 is 2.74 bits per heavy atom. The largest absolute Gasteiger partial charge is 0.492 e. The number of nitrogens with one attached hydrogen (secondary N) is 1. The standard InChI is InChI=1S/C13H19ClN2O3/c1-13(2,3)19-12(17)15-7-4-8-18-10-5-6-11(14)16-9-10/h5-6,9H,4,7-8H2,1-3H3,(H,15,17). The summed E-state index contributed by atoms with van der Waals surface area (Å²) in [7, 11) is 0. The van der Waals surface area contributed by atoms with Crippen molar-refractivity contribution >= 4 is 17.7 Å². The molecule has 0 aliphatic carbocycles. The number of aromatic nitrogens is 1. The highest BCUT2D eigenvalue weighted by molar-refractivity contribution is 6.29. The van der Waals surface area contributed by atoms with E-state index in [2.05, 4.69) is 10.3 Å². The number of halogens is 1. The van der Waals surface area contributed by atoms with E-state index in [1.807, 2.05) is 20.8 Å². The molecular formula is C13H19ClN2O3. The summed E-state index contributed by atoms with van der Waals surface area (Å²) < 4.78 is 10.5. The molecule has 1 aromatic rings. The molecule has 106 valence electrons. The Morgan fingerprint density at radius 1 is 1.42 bits per heavy atom. The third-order valence-corrected chi connectivity index (χ3v) is 2.18. The van der Waals surface area contributed by atoms with E-state index < -0.39 is 11.7 Å². The molecule has 1 N–H and O–H groups in total. The lowest BCUT2D eigenvalue weighted by Gasteiger charge is -2.19. The van der Waals surface area contributed by atoms with Crippen molar-refractivity contribution in [2.75, 3.05) is 13.2 Å². The third-order valence-electron chi connectivity index (χ3n) is 1.96. The molecule has 0 bridgehead atoms. The van der Waals surface area contributed by atoms with Gasteiger partial charge in [-0.05, 0) is 39.3 Å². The smallest absolute Gasteiger partial charge is 0.407 e. The maximum Gasteiger partial charge on any atom is 0.407 e. The first-order chi connectivity index (χ1) is 8.87. The molecule has 0 aromatic carbocycles. The second kappa shape index (κ2) is 7.19. The summed E-state index contributed by atoms with van der Waals surface area (Å²) in [6.45, 7) is 6.45. The lowest BCUT2D eigenvalue weighted by molar-refractivity contribution is 0.0525. The van der Waals surface area contributed by atoms with Crippen LogP contribution in [-0.2, 0) is 4.74 Å². The van der Waals surface area contributed by atoms with E-state index in [-0.39, 0.29) is 0 Å². The number of alkyl carbamates (subject to hydrolysis) is 1. The van der Waals surface area contributed by atoms with Crippen LogP contribution in [0.15, 0.2) is 18.3 Å². The number of amides is 1. The molecule has 0 spiro atoms. The SMILES string of the molecule is CC(C)(C)OC(=O)NCCCOc1ccc(Cl)nc1. The summed E-state index contributed by atoms with van der Waals surface area (Å²) in [6, 6.07) is 3.41. The maximum atomic E-state index is 11.3. The molecule has 0 saturated carbocycles. The Hall–Kier alpha value is -1.49. The van der Waals surface area contributed by atoms with Crippen LogP contribution in [0, 0.1) is 0 Å². The minimum atomic E-state index is -0.477. The second-order valence-electron chi connectivity index (χ2n) is 4.95. The predicted molar refractivity (Wildman–Crippen MR) is 73.6 cm³/mol. The summed E-state index contributed by atoms with van der Waals surface area (Å²) in [5.41, 5.74) is -0.477. The number of hydrogen-bond donors (Lipinski definition) is 1. The molecule has 5 nitrogen and oxygen atoms in total. The summed E-state index contributed by atoms with van der Waals surface area (Å²) in [5, 5.41) is 3.09. The van der Waals surface area contributed by atoms with E-state index in [0.29, 0.717) is 30.5 Å². The van der Waals surface area contributed by atoms with Gasteiger partial charge in [-0.25, -0.2) is 9.78 Å². The van der Waals surface area contributed by atoms with Crippen LogP contribution in [0.4, 0.5) is 4.79 Å². The number of nitrogens with zero attached hydrogens (tertiary/aromatic N) is 1. The molecule has 0 atom stereocenters. The number of ether oxygens (including phenoxy) is 2. The van der Waals surface area contributed by atoms with Crippen molar-refractivity contribution in [2.24, 2.45) is 0 Å². The average Bonchev–Trinajstić information content (AvgIpc) is 2.29. The monoisotopic (exact) mass is 286 g/mol. The highest BCUT2D eigenvalue weighted by Gasteiger charge is 2.15. The Morgan fingerprint density at radius 2 is 2.16 bits per heavy atom. The minimum Gasteiger partial charge on any atom is -0.492 e. The van der Waals surface area contributed by atoms with Gasteiger partial charge in [0.15, 0.2) is 0 Å². The molecule has 0 fully saturated rings. The van der Waals surface area contributed by atoms with E-state index in [1.165, 1.54) is 0 Å². The first-order valence-corrected chi connectivity index (χ1v) is 6.46. The van der Waals surface area contributed by atoms with Crippen molar-refractivity contribution < 1.29 is 14.3 Å². The molecule has 1 heterocycles. The van der Waals surface area contributed by atoms with Gasteiger partial charge in [0.1, 0.15) is 16.5 Å². The Bertz CT molecular complexity index is 401. The topological polar surface area (TPSA) is 60.5 Å². The highest BCUT2D eigenvalue weighted by atomic mass is 35.5. The number of pyridine rings is 1. The number of carbonyl (C=O) groups excluding carboxylic acids is 1. The molecule has 1 rings (SSSR count). The molecule has 0 unspecified atom stereocenters. The van der Waals surface area contributed by atoms with E-state index >= 15 is 0 Å². The van der Waals surface area contributed by atoms with Crippen molar-refractivity contribution in [3.8, 4) is 5.75 Å². The fourth-order valence-electron chi connectivity index (χ4n) is 1.21. The van der Waals surface area contributed by atoms with Gasteiger partial charge in [-0.15, -0.1) is 0 Å². The zero-order chi connectivity index (χ0) is 14.3. The molecular weight excluding hydrogens is 268 g/mol. The predicted octanol–water partition coefficient (Wildman–Crippen LogP) is 3.03. The maximum absolute atomic E-state index is 11.3. The number of hydrogen-bond acceptors (Lipinski definition) is 4. The lowest BCUT2D eigenvalue weighted by Crippen LogP contribution is -2.33. The van der Waals surface area contributed by atoms with Crippen LogP contribution in [0.3, 0.4) is 0 Å². The summed E-state index contributed by atoms with van der Waals surface area (Å²) in [4.78, 5) is 15.2. The van der Waals surface area contributed by atoms with Gasteiger partial charge in [0.05, 0.1) is 12.8 Å². The Balaban J connectivity index is 2.11. The molecule has 0 saturated heterocycles. The van der Waals surface area contributed by atoms with Crippen LogP contribution >= 0.6 is 11.6 Å². The van der Waals surface area contributed by atoms with Crippen LogP contribution in [0.1, 0.15) is 27.2 Å². The lowest BCUT2D eigenvalue weighted by atomic mass is 10.2. The van der Waals surface area contributed by atoms with E-state index in [0.717, 1.165) is 0 Å². The first-order valence-electron chi connectivity index (χ1n) is 6.08. The summed E-state index contributed by atoms with van der Waals surface area (Å²) in [5.74, 6) is 0.654. The van der Waals surface area contributed by atoms with E-state index in [4.69, 9.17) is 21.1 Å². The van der Waals surface area contributed by atoms with Crippen molar-refractivity contribution in [3.05, 3.63) is 23.5 Å². The molecule has 6 heteroatoms. The molecule has 19 heavy (non-hydrogen) atoms. The van der Waals surface area contributed by atoms with Gasteiger partial charge in [0.2, 0.25) is 0 Å². The van der Waals surface area contributed by atoms with Crippen molar-refractivity contribution in [2.45, 2.75) is 32.8 Å². The fraction of sp³-hybridized carbons (Fsp3) is 0.538. The van der Waals surface area contributed by atoms with Crippen molar-refractivity contribution in [1.29, 1.82) is 0 Å². The quantitative estimate of drug-likeness (QED) is 0.668. The minimum absolute atomic E-state index is 0.416. The molecule has 0 radical (unpaired) electrons. The molecule has 0 aliphatic rings. The summed E-state index contributed by atoms with van der Waals surface area (Å²) >= 11 is 5.65. The van der Waals surface area contributed by atoms with Gasteiger partial charge in [0.25, 0.3) is 0 Å². The average molecular weight is 287 g/mol. The number of rotatable bonds is 5. The van der Waals surface area contributed by atoms with Crippen LogP contribution < -0.4 is 10.1 Å². The second-order valence-corrected chi connectivity index (χ2v) is 5.33. The zero-order valence-corrected chi connectivity index (χ0v) is 12.2. The molecule has 1 amide bonds. The van der Waals surface area contributed by atoms with Crippen LogP contribution in [0.25, 0.3) is 0 Å². The highest BCUT2D eigenvalue weighted by Crippen LogP contribution is 2.12. The first kappa shape index (κ1) is 15.6. The van der Waals surface area contributed by atoms with Crippen LogP contribution in [0.5, 0.6) is 5.75 Å². The normalized spacial score (nSPS) is 10.9. The fourth-order valence-corrected chi connectivity index (χ4v) is 1.33. The van der Waals surface area contributed by atoms with Crippen molar-refractivity contribution in [1.82, 2.24) is 10.3 Å². The number of carbonyl (C=O) groups is 1. The van der Waals surface area contributed by atoms with Crippen LogP contribution in [0.2, 0.25) is 5.15 Å². The Kier molecular flexibility index (Phi) is 5.89. The van der Waals surface area contributed by atoms with Crippen LogP contribution in [-0.4, -0.2) is 29.8 Å². The summed E-state index contributed by atoms with van der Waals surface area (Å²) in [6.07, 6.45) is 1.83. The van der Waals surface area contributed by atoms with Crippen molar-refractivity contribution in [3.63, 3.8) is 0 Å². The zero-order valence-electron chi connectivity index (χ0n) is 11.4. The third kappa shape index (κ3) is 7.51. The Labute approximate surface area is 118 Å². The molecule has 0 aliphatic heterocycles. The van der Waals surface area contributed by atoms with Gasteiger partial charge in [-0.2, -0.15) is 0 Å². The van der Waals surface area contributed by atoms with Gasteiger partial charge < -0.3 is 14.8 Å². The van der Waals surface area contributed by atoms with Gasteiger partial charge >= 0.3 is 6.09 Å². The van der Waals surface area contributed by atoms with E-state index in [9.17, 15) is 4.79 Å². The van der Waals surface area contributed by atoms with Gasteiger partial charge in [0, 0.05) is 6.54 Å². The molecule has 1 aromatic heterocycles. The van der Waals surface area contributed by atoms with E-state index in [1.54, 1.807) is 18.3 Å².